The van der Waals surface area contributed by atoms with Crippen LogP contribution in [0.4, 0.5) is 0 Å². The average Bonchev–Trinajstić information content (AvgIpc) is 2.40. The van der Waals surface area contributed by atoms with Gasteiger partial charge in [-0.05, 0) is 23.8 Å². The van der Waals surface area contributed by atoms with Crippen LogP contribution in [0.3, 0.4) is 0 Å². The van der Waals surface area contributed by atoms with Crippen molar-refractivity contribution in [2.45, 2.75) is 13.3 Å². The molecule has 1 aromatic rings. The number of carboxylic acids is 1. The first kappa shape index (κ1) is 16.5. The summed E-state index contributed by atoms with van der Waals surface area (Å²) in [7, 11) is 3.17. The van der Waals surface area contributed by atoms with Gasteiger partial charge in [0.15, 0.2) is 0 Å². The third-order valence-electron chi connectivity index (χ3n) is 2.99. The fourth-order valence-corrected chi connectivity index (χ4v) is 2.09. The second kappa shape index (κ2) is 7.28. The van der Waals surface area contributed by atoms with E-state index >= 15 is 0 Å². The van der Waals surface area contributed by atoms with Crippen LogP contribution < -0.4 is 4.74 Å². The summed E-state index contributed by atoms with van der Waals surface area (Å²) >= 11 is 3.39. The number of hydrogen-bond donors (Lipinski definition) is 1. The second-order valence-electron chi connectivity index (χ2n) is 4.65. The van der Waals surface area contributed by atoms with E-state index in [1.807, 2.05) is 6.07 Å². The summed E-state index contributed by atoms with van der Waals surface area (Å²) in [5.74, 6) is -0.950. The Labute approximate surface area is 126 Å². The van der Waals surface area contributed by atoms with Crippen LogP contribution in [0.25, 0.3) is 0 Å². The van der Waals surface area contributed by atoms with Gasteiger partial charge in [-0.1, -0.05) is 22.9 Å². The minimum absolute atomic E-state index is 0.132. The Morgan fingerprint density at radius 3 is 2.65 bits per heavy atom. The molecule has 1 aromatic carbocycles. The number of nitrogens with zero attached hydrogens (tertiary/aromatic N) is 1. The largest absolute Gasteiger partial charge is 0.497 e. The van der Waals surface area contributed by atoms with Gasteiger partial charge < -0.3 is 14.7 Å². The maximum absolute atomic E-state index is 12.1. The van der Waals surface area contributed by atoms with Crippen molar-refractivity contribution in [3.63, 3.8) is 0 Å². The molecule has 0 aromatic heterocycles. The number of rotatable bonds is 6. The van der Waals surface area contributed by atoms with E-state index in [4.69, 9.17) is 9.84 Å². The average molecular weight is 344 g/mol. The van der Waals surface area contributed by atoms with E-state index in [0.29, 0.717) is 5.75 Å². The molecular formula is C14H18BrNO4. The molecular weight excluding hydrogens is 326 g/mol. The van der Waals surface area contributed by atoms with Crippen LogP contribution in [0.2, 0.25) is 0 Å². The Kier molecular flexibility index (Phi) is 6.01. The van der Waals surface area contributed by atoms with Gasteiger partial charge in [0.05, 0.1) is 19.4 Å². The summed E-state index contributed by atoms with van der Waals surface area (Å²) in [6.45, 7) is 1.77. The van der Waals surface area contributed by atoms with Gasteiger partial charge in [-0.3, -0.25) is 9.59 Å². The maximum atomic E-state index is 12.1. The van der Waals surface area contributed by atoms with Gasteiger partial charge in [0, 0.05) is 18.1 Å². The Balaban J connectivity index is 2.72. The number of likely N-dealkylation sites (N-methyl/N-ethyl adjacent to an activating group) is 1. The summed E-state index contributed by atoms with van der Waals surface area (Å²) in [6.07, 6.45) is 0.195. The number of hydrogen-bond acceptors (Lipinski definition) is 3. The Hall–Kier alpha value is -1.56. The van der Waals surface area contributed by atoms with Crippen molar-refractivity contribution in [2.24, 2.45) is 5.92 Å². The number of carbonyl (C=O) groups is 2. The molecule has 1 unspecified atom stereocenters. The van der Waals surface area contributed by atoms with E-state index in [1.165, 1.54) is 4.90 Å². The first-order valence-electron chi connectivity index (χ1n) is 6.14. The van der Waals surface area contributed by atoms with Gasteiger partial charge in [-0.2, -0.15) is 0 Å². The fourth-order valence-electron chi connectivity index (χ4n) is 1.70. The zero-order chi connectivity index (χ0) is 15.3. The Morgan fingerprint density at radius 2 is 2.10 bits per heavy atom. The number of ether oxygens (including phenoxy) is 1. The number of carbonyl (C=O) groups excluding carboxylic acids is 1. The molecule has 0 fully saturated rings. The molecule has 0 aliphatic carbocycles. The van der Waals surface area contributed by atoms with E-state index in [9.17, 15) is 9.59 Å². The first-order chi connectivity index (χ1) is 9.35. The molecule has 0 radical (unpaired) electrons. The Morgan fingerprint density at radius 1 is 1.45 bits per heavy atom. The predicted octanol–water partition coefficient (Wildman–Crippen LogP) is 2.18. The number of amides is 1. The van der Waals surface area contributed by atoms with E-state index in [-0.39, 0.29) is 18.9 Å². The number of halogens is 1. The highest BCUT2D eigenvalue weighted by atomic mass is 79.9. The number of methoxy groups -OCH3 is 1. The van der Waals surface area contributed by atoms with Crippen LogP contribution in [0.15, 0.2) is 22.7 Å². The van der Waals surface area contributed by atoms with Gasteiger partial charge in [0.25, 0.3) is 0 Å². The number of benzene rings is 1. The van der Waals surface area contributed by atoms with Gasteiger partial charge in [-0.25, -0.2) is 0 Å². The highest BCUT2D eigenvalue weighted by Gasteiger charge is 2.18. The van der Waals surface area contributed by atoms with E-state index in [1.54, 1.807) is 33.2 Å². The minimum Gasteiger partial charge on any atom is -0.497 e. The van der Waals surface area contributed by atoms with Crippen LogP contribution in [0.1, 0.15) is 12.5 Å². The molecule has 6 heteroatoms. The second-order valence-corrected chi connectivity index (χ2v) is 5.50. The molecule has 0 spiro atoms. The molecule has 0 heterocycles. The molecule has 1 amide bonds. The molecule has 20 heavy (non-hydrogen) atoms. The molecule has 1 atom stereocenters. The highest BCUT2D eigenvalue weighted by Crippen LogP contribution is 2.23. The quantitative estimate of drug-likeness (QED) is 0.859. The van der Waals surface area contributed by atoms with Crippen molar-refractivity contribution in [3.8, 4) is 5.75 Å². The van der Waals surface area contributed by atoms with Crippen LogP contribution >= 0.6 is 15.9 Å². The normalized spacial score (nSPS) is 11.8. The zero-order valence-corrected chi connectivity index (χ0v) is 13.3. The van der Waals surface area contributed by atoms with Gasteiger partial charge >= 0.3 is 5.97 Å². The topological polar surface area (TPSA) is 66.8 Å². The fraction of sp³-hybridized carbons (Fsp3) is 0.429. The standard InChI is InChI=1S/C14H18BrNO4/c1-9(14(18)19)8-16(2)13(17)7-10-6-11(20-3)4-5-12(10)15/h4-6,9H,7-8H2,1-3H3,(H,18,19). The molecule has 0 aliphatic heterocycles. The van der Waals surface area contributed by atoms with Gasteiger partial charge in [0.2, 0.25) is 5.91 Å². The molecule has 0 saturated carbocycles. The van der Waals surface area contributed by atoms with Crippen LogP contribution in [-0.4, -0.2) is 42.6 Å². The lowest BCUT2D eigenvalue weighted by molar-refractivity contribution is -0.142. The third kappa shape index (κ3) is 4.52. The molecule has 110 valence electrons. The summed E-state index contributed by atoms with van der Waals surface area (Å²) in [6, 6.07) is 5.41. The summed E-state index contributed by atoms with van der Waals surface area (Å²) in [5.41, 5.74) is 0.809. The third-order valence-corrected chi connectivity index (χ3v) is 3.76. The lowest BCUT2D eigenvalue weighted by atomic mass is 10.1. The molecule has 0 aliphatic rings. The van der Waals surface area contributed by atoms with Crippen molar-refractivity contribution in [3.05, 3.63) is 28.2 Å². The highest BCUT2D eigenvalue weighted by molar-refractivity contribution is 9.10. The molecule has 0 saturated heterocycles. The van der Waals surface area contributed by atoms with E-state index < -0.39 is 11.9 Å². The smallest absolute Gasteiger partial charge is 0.308 e. The van der Waals surface area contributed by atoms with Crippen molar-refractivity contribution in [1.82, 2.24) is 4.90 Å². The Bertz CT molecular complexity index is 504. The van der Waals surface area contributed by atoms with Crippen molar-refractivity contribution >= 4 is 27.8 Å². The maximum Gasteiger partial charge on any atom is 0.308 e. The zero-order valence-electron chi connectivity index (χ0n) is 11.7. The molecule has 1 rings (SSSR count). The number of carboxylic acid groups (broad SMARTS) is 1. The molecule has 5 nitrogen and oxygen atoms in total. The van der Waals surface area contributed by atoms with Crippen LogP contribution in [-0.2, 0) is 16.0 Å². The molecule has 1 N–H and O–H groups in total. The van der Waals surface area contributed by atoms with Gasteiger partial charge in [0.1, 0.15) is 5.75 Å². The van der Waals surface area contributed by atoms with E-state index in [0.717, 1.165) is 10.0 Å². The lowest BCUT2D eigenvalue weighted by Gasteiger charge is -2.20. The lowest BCUT2D eigenvalue weighted by Crippen LogP contribution is -2.34. The van der Waals surface area contributed by atoms with Gasteiger partial charge in [-0.15, -0.1) is 0 Å². The molecule has 0 bridgehead atoms. The van der Waals surface area contributed by atoms with Crippen LogP contribution in [0, 0.1) is 5.92 Å². The monoisotopic (exact) mass is 343 g/mol. The summed E-state index contributed by atoms with van der Waals surface area (Å²) < 4.78 is 5.95. The summed E-state index contributed by atoms with van der Waals surface area (Å²) in [4.78, 5) is 24.3. The van der Waals surface area contributed by atoms with Crippen molar-refractivity contribution in [2.75, 3.05) is 20.7 Å². The predicted molar refractivity (Wildman–Crippen MR) is 78.8 cm³/mol. The van der Waals surface area contributed by atoms with Crippen molar-refractivity contribution < 1.29 is 19.4 Å². The first-order valence-corrected chi connectivity index (χ1v) is 6.93. The SMILES string of the molecule is COc1ccc(Br)c(CC(=O)N(C)CC(C)C(=O)O)c1. The van der Waals surface area contributed by atoms with E-state index in [2.05, 4.69) is 15.9 Å². The van der Waals surface area contributed by atoms with Crippen LogP contribution in [0.5, 0.6) is 5.75 Å². The minimum atomic E-state index is -0.910. The summed E-state index contributed by atoms with van der Waals surface area (Å²) in [5, 5.41) is 8.85. The van der Waals surface area contributed by atoms with Crippen molar-refractivity contribution in [1.29, 1.82) is 0 Å². The number of aliphatic carboxylic acids is 1.